The molecule has 2 aromatic rings. The van der Waals surface area contributed by atoms with E-state index in [9.17, 15) is 14.7 Å². The van der Waals surface area contributed by atoms with E-state index in [1.807, 2.05) is 24.3 Å². The van der Waals surface area contributed by atoms with Crippen LogP contribution >= 0.6 is 0 Å². The molecule has 4 heterocycles. The van der Waals surface area contributed by atoms with Gasteiger partial charge in [0.05, 0.1) is 66.1 Å². The molecule has 0 aromatic heterocycles. The minimum absolute atomic E-state index is 0.0450. The standard InChI is InChI=1S/C80H132O17Si4/c1-25-54(5)47-62(94-101(26-2,27-3)28-4)43-45-65-55(6)48-60(89-65)41-39-58(81)40-44-67(95-98(19,20)78(7,8)9)73-75(97-100(23,24)80(13,14)15)74(96-99(21,22)79(10,11)12)72-66(93-73)46-42-61(90-72)49-59(82)50-64-68(52-70(85-16)86-17)92-69(71(64)87-18)51-63(91-77(84)57-37-33-30-34-38-57)53-88-76(83)56-35-31-29-32-36-56/h29-38,40,44,58,60-75,81H,1,6,26-28,39,41-43,45-53H2,2-5,7-24H3/b44-40+/t58?,60?,61-,62?,63?,64+,65?,66+,67?,68?,69?,71?,72+,73?,74?,75?/m1/s1. The molecular formula is C80H132O17Si4. The molecule has 21 heteroatoms. The van der Waals surface area contributed by atoms with Crippen LogP contribution in [0.5, 0.6) is 0 Å². The summed E-state index contributed by atoms with van der Waals surface area (Å²) in [6, 6.07) is 20.5. The van der Waals surface area contributed by atoms with Crippen molar-refractivity contribution < 1.29 is 79.8 Å². The highest BCUT2D eigenvalue weighted by Crippen LogP contribution is 2.48. The van der Waals surface area contributed by atoms with Crippen molar-refractivity contribution in [2.24, 2.45) is 5.92 Å². The van der Waals surface area contributed by atoms with Crippen LogP contribution in [-0.4, -0.2) is 182 Å². The van der Waals surface area contributed by atoms with Gasteiger partial charge in [0.1, 0.15) is 42.9 Å². The third kappa shape index (κ3) is 24.0. The molecule has 4 saturated heterocycles. The predicted octanol–water partition coefficient (Wildman–Crippen LogP) is 17.4. The summed E-state index contributed by atoms with van der Waals surface area (Å²) in [7, 11) is -5.07. The Labute approximate surface area is 612 Å². The van der Waals surface area contributed by atoms with Crippen LogP contribution in [0.3, 0.4) is 0 Å². The molecule has 1 N–H and O–H groups in total. The molecule has 0 amide bonds. The fourth-order valence-electron chi connectivity index (χ4n) is 13.7. The van der Waals surface area contributed by atoms with Gasteiger partial charge in [0.2, 0.25) is 0 Å². The highest BCUT2D eigenvalue weighted by atomic mass is 28.4. The molecule has 17 nitrogen and oxygen atoms in total. The number of carbonyl (C=O) groups excluding carboxylic acids is 3. The highest BCUT2D eigenvalue weighted by Gasteiger charge is 2.58. The second-order valence-electron chi connectivity index (χ2n) is 33.6. The molecule has 0 radical (unpaired) electrons. The first-order valence-electron chi connectivity index (χ1n) is 37.6. The number of ether oxygens (including phenoxy) is 9. The third-order valence-corrected chi connectivity index (χ3v) is 41.4. The molecule has 4 fully saturated rings. The van der Waals surface area contributed by atoms with Gasteiger partial charge in [-0.1, -0.05) is 145 Å². The van der Waals surface area contributed by atoms with Crippen LogP contribution < -0.4 is 0 Å². The number of methoxy groups -OCH3 is 3. The van der Waals surface area contributed by atoms with E-state index in [0.29, 0.717) is 36.8 Å². The van der Waals surface area contributed by atoms with Crippen molar-refractivity contribution in [3.63, 3.8) is 0 Å². The predicted molar refractivity (Wildman–Crippen MR) is 410 cm³/mol. The van der Waals surface area contributed by atoms with Gasteiger partial charge in [-0.25, -0.2) is 9.59 Å². The zero-order chi connectivity index (χ0) is 75.1. The van der Waals surface area contributed by atoms with Gasteiger partial charge in [0, 0.05) is 65.5 Å². The summed E-state index contributed by atoms with van der Waals surface area (Å²) in [5, 5.41) is 11.5. The number of ketones is 1. The van der Waals surface area contributed by atoms with E-state index in [0.717, 1.165) is 55.0 Å². The zero-order valence-electron chi connectivity index (χ0n) is 66.0. The van der Waals surface area contributed by atoms with Crippen LogP contribution in [0.1, 0.15) is 188 Å². The topological polar surface area (TPSA) is 191 Å². The lowest BCUT2D eigenvalue weighted by Gasteiger charge is -2.56. The van der Waals surface area contributed by atoms with E-state index in [1.165, 1.54) is 0 Å². The number of benzene rings is 2. The van der Waals surface area contributed by atoms with Crippen molar-refractivity contribution in [1.82, 2.24) is 0 Å². The summed E-state index contributed by atoms with van der Waals surface area (Å²) >= 11 is 0. The van der Waals surface area contributed by atoms with Gasteiger partial charge >= 0.3 is 11.9 Å². The lowest BCUT2D eigenvalue weighted by Crippen LogP contribution is -2.69. The van der Waals surface area contributed by atoms with Gasteiger partial charge in [-0.3, -0.25) is 4.79 Å². The Kier molecular flexibility index (Phi) is 32.3. The number of carbonyl (C=O) groups is 3. The summed E-state index contributed by atoms with van der Waals surface area (Å²) < 4.78 is 88.4. The molecular weight excluding hydrogens is 1350 g/mol. The fourth-order valence-corrected chi connectivity index (χ4v) is 20.4. The van der Waals surface area contributed by atoms with Gasteiger partial charge in [-0.05, 0) is 160 Å². The number of aliphatic hydroxyl groups is 1. The molecule has 0 bridgehead atoms. The Balaban J connectivity index is 1.27. The first kappa shape index (κ1) is 86.4. The minimum atomic E-state index is -2.67. The van der Waals surface area contributed by atoms with Crippen molar-refractivity contribution in [2.75, 3.05) is 27.9 Å². The summed E-state index contributed by atoms with van der Waals surface area (Å²) in [6.45, 7) is 50.8. The maximum Gasteiger partial charge on any atom is 0.338 e. The first-order chi connectivity index (χ1) is 47.3. The van der Waals surface area contributed by atoms with Gasteiger partial charge in [-0.15, -0.1) is 5.73 Å². The third-order valence-electron chi connectivity index (χ3n) is 23.3. The van der Waals surface area contributed by atoms with Crippen molar-refractivity contribution in [3.8, 4) is 0 Å². The SMILES string of the molecule is C=C=C(C)CC(CCC1OC(CCC(O)/C=C/C(O[Si](C)(C)C(C)(C)C)C2O[C@H]3CC[C@H](CC(=O)C[C@H]4C(CC(OC)OC)OC(CC(COC(=O)c5ccccc5)OC(=O)c5ccccc5)C4OC)O[C@@H]3C(O[Si](C)(C)C(C)(C)C)C2O[Si](C)(C)C(C)(C)C)CC1=C)O[Si](CC)(CC)CC. The number of fused-ring (bicyclic) bond motifs is 1. The summed E-state index contributed by atoms with van der Waals surface area (Å²) in [5.41, 5.74) is 6.00. The Hall–Kier alpha value is -3.56. The van der Waals surface area contributed by atoms with E-state index < -0.39 is 131 Å². The van der Waals surface area contributed by atoms with Crippen molar-refractivity contribution >= 4 is 51.0 Å². The maximum absolute atomic E-state index is 15.1. The van der Waals surface area contributed by atoms with Crippen LogP contribution in [-0.2, 0) is 65.1 Å². The van der Waals surface area contributed by atoms with Crippen molar-refractivity contribution in [2.45, 2.75) is 337 Å². The molecule has 12 unspecified atom stereocenters. The van der Waals surface area contributed by atoms with Crippen molar-refractivity contribution in [1.29, 1.82) is 0 Å². The lowest BCUT2D eigenvalue weighted by atomic mass is 9.84. The fraction of sp³-hybridized carbons (Fsp3) is 0.725. The van der Waals surface area contributed by atoms with Crippen LogP contribution in [0.25, 0.3) is 0 Å². The molecule has 101 heavy (non-hydrogen) atoms. The second-order valence-corrected chi connectivity index (χ2v) is 52.6. The summed E-state index contributed by atoms with van der Waals surface area (Å²) in [5.74, 6) is -1.68. The van der Waals surface area contributed by atoms with Crippen LogP contribution in [0.4, 0.5) is 0 Å². The maximum atomic E-state index is 15.1. The molecule has 0 saturated carbocycles. The molecule has 4 aliphatic rings. The number of Topliss-reactive ketones (excluding diaryl/α,β-unsaturated/α-hetero) is 1. The van der Waals surface area contributed by atoms with Gasteiger partial charge in [0.15, 0.2) is 39.6 Å². The van der Waals surface area contributed by atoms with E-state index in [-0.39, 0.29) is 71.5 Å². The van der Waals surface area contributed by atoms with Crippen LogP contribution in [0.2, 0.25) is 72.5 Å². The molecule has 2 aromatic carbocycles. The largest absolute Gasteiger partial charge is 0.458 e. The first-order valence-corrected chi connectivity index (χ1v) is 48.8. The van der Waals surface area contributed by atoms with E-state index in [4.69, 9.17) is 60.3 Å². The molecule has 4 aliphatic heterocycles. The normalized spacial score (nSPS) is 26.1. The highest BCUT2D eigenvalue weighted by molar-refractivity contribution is 6.75. The molecule has 0 spiro atoms. The second kappa shape index (κ2) is 37.8. The van der Waals surface area contributed by atoms with Gasteiger partial charge in [0.25, 0.3) is 0 Å². The number of hydrogen-bond donors (Lipinski definition) is 1. The Morgan fingerprint density at radius 3 is 1.77 bits per heavy atom. The lowest BCUT2D eigenvalue weighted by molar-refractivity contribution is -0.266. The van der Waals surface area contributed by atoms with Gasteiger partial charge < -0.3 is 65.4 Å². The number of aliphatic hydroxyl groups excluding tert-OH is 1. The van der Waals surface area contributed by atoms with E-state index in [1.54, 1.807) is 69.9 Å². The monoisotopic (exact) mass is 1480 g/mol. The van der Waals surface area contributed by atoms with E-state index in [2.05, 4.69) is 148 Å². The average molecular weight is 1480 g/mol. The smallest absolute Gasteiger partial charge is 0.338 e. The Morgan fingerprint density at radius 2 is 1.23 bits per heavy atom. The Bertz CT molecular complexity index is 2990. The number of hydrogen-bond acceptors (Lipinski definition) is 17. The van der Waals surface area contributed by atoms with E-state index >= 15 is 4.79 Å². The summed E-state index contributed by atoms with van der Waals surface area (Å²) in [6.07, 6.45) is 1.35. The van der Waals surface area contributed by atoms with Crippen LogP contribution in [0.15, 0.2) is 103 Å². The van der Waals surface area contributed by atoms with Crippen molar-refractivity contribution in [3.05, 3.63) is 114 Å². The molecule has 6 rings (SSSR count). The zero-order valence-corrected chi connectivity index (χ0v) is 70.0. The quantitative estimate of drug-likeness (QED) is 0.0219. The number of rotatable bonds is 38. The van der Waals surface area contributed by atoms with Gasteiger partial charge in [-0.2, -0.15) is 0 Å². The molecule has 0 aliphatic carbocycles. The number of esters is 2. The molecule has 570 valence electrons. The molecule has 16 atom stereocenters. The Morgan fingerprint density at radius 1 is 0.653 bits per heavy atom. The minimum Gasteiger partial charge on any atom is -0.458 e. The van der Waals surface area contributed by atoms with Crippen LogP contribution in [0, 0.1) is 5.92 Å². The summed E-state index contributed by atoms with van der Waals surface area (Å²) in [4.78, 5) is 42.1. The average Bonchev–Trinajstić information content (AvgIpc) is 1.35.